The van der Waals surface area contributed by atoms with E-state index in [9.17, 15) is 40.9 Å². The molecule has 19 nitrogen and oxygen atoms in total. The maximum Gasteiger partial charge on any atom is 0.187 e. The van der Waals surface area contributed by atoms with Crippen LogP contribution in [0, 0.1) is 0 Å². The lowest BCUT2D eigenvalue weighted by molar-refractivity contribution is -0.310. The second-order valence-electron chi connectivity index (χ2n) is 11.2. The highest BCUT2D eigenvalue weighted by atomic mass is 16.8. The quantitative estimate of drug-likeness (QED) is 0.114. The van der Waals surface area contributed by atoms with E-state index in [4.69, 9.17) is 57.1 Å². The summed E-state index contributed by atoms with van der Waals surface area (Å²) in [5.74, 6) is 0. The Bertz CT molecular complexity index is 866. The first-order valence-electron chi connectivity index (χ1n) is 13.8. The Morgan fingerprint density at radius 3 is 1.55 bits per heavy atom. The van der Waals surface area contributed by atoms with Gasteiger partial charge in [0.25, 0.3) is 0 Å². The molecule has 0 spiro atoms. The van der Waals surface area contributed by atoms with Crippen LogP contribution in [0.15, 0.2) is 0 Å². The smallest absolute Gasteiger partial charge is 0.187 e. The molecule has 0 aromatic carbocycles. The standard InChI is InChI=1S/C23H45N5O14/c24-2-7-13(32)15(34)10(27)21(37-7)41-19-9(4-30)39-23(17(19)36)42-20-12(31)5(25)1-6(26)18(20)40-22-11(28)16(35)14(33)8(3-29)38-22/h5-23,29-36H,1-4,24-28H2/t5-,6+,7+,8-,9-,10-,11-,12+,13-,14-,15-,16-,17-,18+,19-,20-,21-,22?,23+/m1/s1. The molecule has 0 aromatic heterocycles. The third kappa shape index (κ3) is 6.60. The minimum atomic E-state index is -1.62. The highest BCUT2D eigenvalue weighted by Crippen LogP contribution is 2.34. The minimum Gasteiger partial charge on any atom is -0.394 e. The molecule has 18 N–H and O–H groups in total. The summed E-state index contributed by atoms with van der Waals surface area (Å²) in [6.45, 7) is -1.49. The Labute approximate surface area is 240 Å². The van der Waals surface area contributed by atoms with Crippen molar-refractivity contribution >= 4 is 0 Å². The van der Waals surface area contributed by atoms with Crippen LogP contribution >= 0.6 is 0 Å². The lowest BCUT2D eigenvalue weighted by Gasteiger charge is -2.47. The van der Waals surface area contributed by atoms with Crippen molar-refractivity contribution in [3.8, 4) is 0 Å². The van der Waals surface area contributed by atoms with E-state index >= 15 is 0 Å². The van der Waals surface area contributed by atoms with Gasteiger partial charge < -0.3 is 97.9 Å². The summed E-state index contributed by atoms with van der Waals surface area (Å²) in [6.07, 6.45) is -20.5. The SMILES string of the molecule is NC[C@@H]1O[C@H](O[C@H]2[C@@H](O)[C@H](O[C@@H]3[C@@H](O)[C@H](N)C[C@H](N)[C@@H]3OC3O[C@H](CO)[C@@H](O)[C@H](O)[C@H]3N)O[C@@H]2CO)[C@H](N)[C@@H](O)[C@@H]1O. The lowest BCUT2D eigenvalue weighted by atomic mass is 9.84. The molecule has 19 atom stereocenters. The summed E-state index contributed by atoms with van der Waals surface area (Å²) in [7, 11) is 0. The molecule has 246 valence electrons. The van der Waals surface area contributed by atoms with Crippen molar-refractivity contribution in [2.24, 2.45) is 28.7 Å². The second kappa shape index (κ2) is 14.1. The summed E-state index contributed by atoms with van der Waals surface area (Å²) < 4.78 is 34.4. The van der Waals surface area contributed by atoms with E-state index in [2.05, 4.69) is 0 Å². The maximum atomic E-state index is 11.1. The molecule has 0 radical (unpaired) electrons. The fourth-order valence-electron chi connectivity index (χ4n) is 5.70. The zero-order valence-corrected chi connectivity index (χ0v) is 22.7. The van der Waals surface area contributed by atoms with Crippen LogP contribution in [0.2, 0.25) is 0 Å². The molecule has 4 rings (SSSR count). The Morgan fingerprint density at radius 2 is 1.00 bits per heavy atom. The molecular formula is C23H45N5O14. The number of ether oxygens (including phenoxy) is 6. The van der Waals surface area contributed by atoms with Gasteiger partial charge in [0.2, 0.25) is 0 Å². The van der Waals surface area contributed by atoms with Crippen molar-refractivity contribution in [1.29, 1.82) is 0 Å². The van der Waals surface area contributed by atoms with Crippen LogP contribution in [0.3, 0.4) is 0 Å². The predicted molar refractivity (Wildman–Crippen MR) is 136 cm³/mol. The lowest BCUT2D eigenvalue weighted by Crippen LogP contribution is -2.68. The van der Waals surface area contributed by atoms with Gasteiger partial charge in [0.15, 0.2) is 18.9 Å². The van der Waals surface area contributed by atoms with Crippen LogP contribution in [0.4, 0.5) is 0 Å². The van der Waals surface area contributed by atoms with E-state index < -0.39 is 129 Å². The number of hydrogen-bond donors (Lipinski definition) is 13. The van der Waals surface area contributed by atoms with Crippen molar-refractivity contribution in [3.05, 3.63) is 0 Å². The summed E-state index contributed by atoms with van der Waals surface area (Å²) in [5.41, 5.74) is 29.9. The highest BCUT2D eigenvalue weighted by molar-refractivity contribution is 5.02. The van der Waals surface area contributed by atoms with Gasteiger partial charge in [0, 0.05) is 18.6 Å². The molecule has 0 aromatic rings. The van der Waals surface area contributed by atoms with Crippen LogP contribution in [-0.2, 0) is 28.4 Å². The maximum absolute atomic E-state index is 11.1. The number of nitrogens with two attached hydrogens (primary N) is 5. The normalized spacial score (nSPS) is 53.8. The van der Waals surface area contributed by atoms with Crippen molar-refractivity contribution in [2.45, 2.75) is 123 Å². The first kappa shape index (κ1) is 34.1. The predicted octanol–water partition coefficient (Wildman–Crippen LogP) is -8.86. The van der Waals surface area contributed by atoms with Gasteiger partial charge in [-0.05, 0) is 6.42 Å². The van der Waals surface area contributed by atoms with Crippen LogP contribution < -0.4 is 28.7 Å². The van der Waals surface area contributed by atoms with E-state index in [0.717, 1.165) is 0 Å². The fourth-order valence-corrected chi connectivity index (χ4v) is 5.70. The third-order valence-corrected chi connectivity index (χ3v) is 8.32. The van der Waals surface area contributed by atoms with Crippen molar-refractivity contribution < 1.29 is 69.3 Å². The highest BCUT2D eigenvalue weighted by Gasteiger charge is 2.54. The van der Waals surface area contributed by atoms with Gasteiger partial charge in [-0.2, -0.15) is 0 Å². The number of hydrogen-bond acceptors (Lipinski definition) is 19. The Kier molecular flexibility index (Phi) is 11.5. The molecule has 3 saturated heterocycles. The molecule has 42 heavy (non-hydrogen) atoms. The van der Waals surface area contributed by atoms with Gasteiger partial charge in [-0.1, -0.05) is 0 Å². The Morgan fingerprint density at radius 1 is 0.524 bits per heavy atom. The van der Waals surface area contributed by atoms with Crippen LogP contribution in [0.1, 0.15) is 6.42 Å². The average Bonchev–Trinajstić information content (AvgIpc) is 3.27. The van der Waals surface area contributed by atoms with E-state index in [0.29, 0.717) is 0 Å². The zero-order chi connectivity index (χ0) is 31.0. The second-order valence-corrected chi connectivity index (χ2v) is 11.2. The van der Waals surface area contributed by atoms with Crippen LogP contribution in [-0.4, -0.2) is 177 Å². The first-order valence-corrected chi connectivity index (χ1v) is 13.8. The molecule has 1 unspecified atom stereocenters. The summed E-state index contributed by atoms with van der Waals surface area (Å²) >= 11 is 0. The number of aliphatic hydroxyl groups excluding tert-OH is 8. The third-order valence-electron chi connectivity index (χ3n) is 8.32. The molecule has 0 amide bonds. The Balaban J connectivity index is 1.50. The largest absolute Gasteiger partial charge is 0.394 e. The number of aliphatic hydroxyl groups is 8. The van der Waals surface area contributed by atoms with Crippen molar-refractivity contribution in [2.75, 3.05) is 19.8 Å². The average molecular weight is 616 g/mol. The molecular weight excluding hydrogens is 570 g/mol. The van der Waals surface area contributed by atoms with Crippen LogP contribution in [0.25, 0.3) is 0 Å². The monoisotopic (exact) mass is 615 g/mol. The first-order chi connectivity index (χ1) is 19.8. The van der Waals surface area contributed by atoms with E-state index in [1.165, 1.54) is 0 Å². The summed E-state index contributed by atoms with van der Waals surface area (Å²) in [6, 6.07) is -4.30. The summed E-state index contributed by atoms with van der Waals surface area (Å²) in [5, 5.41) is 82.3. The topological polar surface area (TPSA) is 347 Å². The van der Waals surface area contributed by atoms with E-state index in [1.807, 2.05) is 0 Å². The van der Waals surface area contributed by atoms with Crippen LogP contribution in [0.5, 0.6) is 0 Å². The van der Waals surface area contributed by atoms with Gasteiger partial charge in [-0.15, -0.1) is 0 Å². The van der Waals surface area contributed by atoms with Gasteiger partial charge >= 0.3 is 0 Å². The minimum absolute atomic E-state index is 0.0642. The Hall–Kier alpha value is -0.760. The molecule has 3 heterocycles. The molecule has 1 aliphatic carbocycles. The van der Waals surface area contributed by atoms with E-state index in [-0.39, 0.29) is 13.0 Å². The molecule has 3 aliphatic heterocycles. The molecule has 4 fully saturated rings. The zero-order valence-electron chi connectivity index (χ0n) is 22.7. The summed E-state index contributed by atoms with van der Waals surface area (Å²) in [4.78, 5) is 0. The fraction of sp³-hybridized carbons (Fsp3) is 1.00. The van der Waals surface area contributed by atoms with Gasteiger partial charge in [0.1, 0.15) is 67.1 Å². The van der Waals surface area contributed by atoms with Gasteiger partial charge in [-0.3, -0.25) is 0 Å². The van der Waals surface area contributed by atoms with Crippen molar-refractivity contribution in [1.82, 2.24) is 0 Å². The molecule has 4 aliphatic rings. The van der Waals surface area contributed by atoms with Crippen molar-refractivity contribution in [3.63, 3.8) is 0 Å². The van der Waals surface area contributed by atoms with E-state index in [1.54, 1.807) is 0 Å². The molecule has 1 saturated carbocycles. The van der Waals surface area contributed by atoms with Gasteiger partial charge in [-0.25, -0.2) is 0 Å². The molecule has 0 bridgehead atoms. The number of rotatable bonds is 9. The molecule has 19 heteroatoms. The van der Waals surface area contributed by atoms with Gasteiger partial charge in [0.05, 0.1) is 31.4 Å².